The summed E-state index contributed by atoms with van der Waals surface area (Å²) in [5, 5.41) is 22.7. The molecule has 2 aromatic rings. The number of ether oxygens (including phenoxy) is 6. The molecule has 0 unspecified atom stereocenters. The highest BCUT2D eigenvalue weighted by Crippen LogP contribution is 2.58. The molecule has 2 aromatic carbocycles. The number of rotatable bonds is 7. The molecule has 0 bridgehead atoms. The summed E-state index contributed by atoms with van der Waals surface area (Å²) in [4.78, 5) is 13.0. The first-order valence-electron chi connectivity index (χ1n) is 11.9. The number of aliphatic hydroxyl groups is 1. The highest BCUT2D eigenvalue weighted by Gasteiger charge is 2.46. The lowest BCUT2D eigenvalue weighted by atomic mass is 9.73. The molecule has 0 radical (unpaired) electrons. The second-order valence-electron chi connectivity index (χ2n) is 9.19. The molecule has 3 atom stereocenters. The van der Waals surface area contributed by atoms with Crippen LogP contribution in [0.1, 0.15) is 44.9 Å². The summed E-state index contributed by atoms with van der Waals surface area (Å²) in [6, 6.07) is 3.24. The van der Waals surface area contributed by atoms with Crippen molar-refractivity contribution in [3.05, 3.63) is 34.9 Å². The largest absolute Gasteiger partial charge is 0.504 e. The fraction of sp³-hybridized carbons (Fsp3) is 0.464. The Kier molecular flexibility index (Phi) is 8.17. The number of allylic oxidation sites excluding steroid dienone is 1. The van der Waals surface area contributed by atoms with Crippen molar-refractivity contribution >= 4 is 5.97 Å². The fourth-order valence-corrected chi connectivity index (χ4v) is 4.76. The Morgan fingerprint density at radius 3 is 2.03 bits per heavy atom. The number of fused-ring (bicyclic) bond motifs is 3. The number of methoxy groups -OCH3 is 5. The smallest absolute Gasteiger partial charge is 0.334 e. The molecule has 9 nitrogen and oxygen atoms in total. The van der Waals surface area contributed by atoms with Crippen molar-refractivity contribution in [3.63, 3.8) is 0 Å². The maximum atomic E-state index is 13.0. The lowest BCUT2D eigenvalue weighted by Crippen LogP contribution is -2.44. The topological polar surface area (TPSA) is 113 Å². The van der Waals surface area contributed by atoms with E-state index in [1.54, 1.807) is 39.0 Å². The number of phenols is 1. The standard InChI is InChI=1S/C28H36O9/c1-10-14(2)27(30)37-26-17-13-19(32-5)23(34-7)25(36-9)21(17)20-16(11-15(3)28(26,4)31)12-18(29)22(33-6)24(20)35-8/h10,12-13,15,26,29,31H,11H2,1-9H3/b14-10+/t15-,26-,28-/m0/s1. The van der Waals surface area contributed by atoms with Gasteiger partial charge in [0.05, 0.1) is 35.5 Å². The van der Waals surface area contributed by atoms with Gasteiger partial charge in [-0.1, -0.05) is 13.0 Å². The lowest BCUT2D eigenvalue weighted by Gasteiger charge is -2.41. The van der Waals surface area contributed by atoms with Gasteiger partial charge in [0.25, 0.3) is 0 Å². The number of carbonyl (C=O) groups is 1. The van der Waals surface area contributed by atoms with E-state index in [0.29, 0.717) is 45.7 Å². The molecule has 9 heteroatoms. The third-order valence-corrected chi connectivity index (χ3v) is 7.13. The average molecular weight is 517 g/mol. The Labute approximate surface area is 217 Å². The molecular formula is C28H36O9. The molecular weight excluding hydrogens is 480 g/mol. The highest BCUT2D eigenvalue weighted by atomic mass is 16.6. The maximum absolute atomic E-state index is 13.0. The van der Waals surface area contributed by atoms with Crippen LogP contribution >= 0.6 is 0 Å². The van der Waals surface area contributed by atoms with Crippen molar-refractivity contribution in [2.45, 2.75) is 45.8 Å². The van der Waals surface area contributed by atoms with Crippen LogP contribution in [0.25, 0.3) is 11.1 Å². The Morgan fingerprint density at radius 2 is 1.51 bits per heavy atom. The van der Waals surface area contributed by atoms with E-state index < -0.39 is 23.6 Å². The van der Waals surface area contributed by atoms with Crippen LogP contribution in [0.3, 0.4) is 0 Å². The van der Waals surface area contributed by atoms with Crippen molar-refractivity contribution in [3.8, 4) is 45.6 Å². The maximum Gasteiger partial charge on any atom is 0.334 e. The average Bonchev–Trinajstić information content (AvgIpc) is 2.88. The molecule has 0 saturated carbocycles. The Bertz CT molecular complexity index is 1210. The number of carbonyl (C=O) groups excluding carboxylic acids is 1. The third-order valence-electron chi connectivity index (χ3n) is 7.13. The minimum atomic E-state index is -1.54. The molecule has 3 rings (SSSR count). The number of hydrogen-bond acceptors (Lipinski definition) is 9. The molecule has 0 aromatic heterocycles. The van der Waals surface area contributed by atoms with Gasteiger partial charge < -0.3 is 38.6 Å². The monoisotopic (exact) mass is 516 g/mol. The van der Waals surface area contributed by atoms with Gasteiger partial charge in [-0.15, -0.1) is 0 Å². The Hall–Kier alpha value is -3.59. The van der Waals surface area contributed by atoms with E-state index in [1.807, 2.05) is 6.92 Å². The first-order valence-corrected chi connectivity index (χ1v) is 11.9. The molecule has 37 heavy (non-hydrogen) atoms. The molecule has 202 valence electrons. The first-order chi connectivity index (χ1) is 17.5. The predicted octanol–water partition coefficient (Wildman–Crippen LogP) is 4.60. The molecule has 2 N–H and O–H groups in total. The van der Waals surface area contributed by atoms with E-state index in [9.17, 15) is 15.0 Å². The number of esters is 1. The van der Waals surface area contributed by atoms with Crippen molar-refractivity contribution in [1.29, 1.82) is 0 Å². The Balaban J connectivity index is 2.59. The molecule has 0 fully saturated rings. The van der Waals surface area contributed by atoms with Gasteiger partial charge >= 0.3 is 5.97 Å². The minimum Gasteiger partial charge on any atom is -0.504 e. The number of aromatic hydroxyl groups is 1. The van der Waals surface area contributed by atoms with Crippen LogP contribution in [0.5, 0.6) is 34.5 Å². The third kappa shape index (κ3) is 4.64. The van der Waals surface area contributed by atoms with Crippen LogP contribution in [0.2, 0.25) is 0 Å². The molecule has 0 aliphatic heterocycles. The second kappa shape index (κ2) is 10.8. The van der Waals surface area contributed by atoms with Gasteiger partial charge in [0, 0.05) is 22.3 Å². The summed E-state index contributed by atoms with van der Waals surface area (Å²) in [6.07, 6.45) is 0.821. The number of phenolic OH excluding ortho intramolecular Hbond substituents is 1. The summed E-state index contributed by atoms with van der Waals surface area (Å²) in [6.45, 7) is 6.86. The van der Waals surface area contributed by atoms with Crippen LogP contribution < -0.4 is 23.7 Å². The summed E-state index contributed by atoms with van der Waals surface area (Å²) in [7, 11) is 7.34. The number of hydrogen-bond donors (Lipinski definition) is 2. The van der Waals surface area contributed by atoms with Crippen LogP contribution in [0.15, 0.2) is 23.8 Å². The van der Waals surface area contributed by atoms with Crippen LogP contribution in [-0.4, -0.2) is 57.3 Å². The van der Waals surface area contributed by atoms with Gasteiger partial charge in [0.2, 0.25) is 11.5 Å². The van der Waals surface area contributed by atoms with Crippen molar-refractivity contribution < 1.29 is 43.4 Å². The van der Waals surface area contributed by atoms with Crippen molar-refractivity contribution in [2.75, 3.05) is 35.5 Å². The highest BCUT2D eigenvalue weighted by molar-refractivity contribution is 5.90. The van der Waals surface area contributed by atoms with Crippen molar-refractivity contribution in [1.82, 2.24) is 0 Å². The SMILES string of the molecule is C/C=C(\C)C(=O)O[C@H]1c2cc(OC)c(OC)c(OC)c2-c2c(cc(O)c(OC)c2OC)C[C@H](C)[C@]1(C)O. The van der Waals surface area contributed by atoms with Crippen molar-refractivity contribution in [2.24, 2.45) is 5.92 Å². The number of benzene rings is 2. The molecule has 0 heterocycles. The fourth-order valence-electron chi connectivity index (χ4n) is 4.76. The van der Waals surface area contributed by atoms with Gasteiger partial charge in [-0.2, -0.15) is 0 Å². The molecule has 0 amide bonds. The zero-order valence-electron chi connectivity index (χ0n) is 22.8. The summed E-state index contributed by atoms with van der Waals surface area (Å²) in [5.74, 6) is 0.158. The summed E-state index contributed by atoms with van der Waals surface area (Å²) < 4.78 is 34.4. The van der Waals surface area contributed by atoms with Crippen LogP contribution in [-0.2, 0) is 16.0 Å². The van der Waals surface area contributed by atoms with Gasteiger partial charge in [-0.3, -0.25) is 0 Å². The molecule has 0 saturated heterocycles. The van der Waals surface area contributed by atoms with Crippen LogP contribution in [0, 0.1) is 5.92 Å². The lowest BCUT2D eigenvalue weighted by molar-refractivity contribution is -0.166. The normalized spacial score (nSPS) is 21.1. The van der Waals surface area contributed by atoms with E-state index in [4.69, 9.17) is 28.4 Å². The zero-order valence-corrected chi connectivity index (χ0v) is 22.8. The minimum absolute atomic E-state index is 0.113. The molecule has 1 aliphatic rings. The van der Waals surface area contributed by atoms with E-state index >= 15 is 0 Å². The van der Waals surface area contributed by atoms with Gasteiger partial charge in [-0.05, 0) is 50.8 Å². The van der Waals surface area contributed by atoms with E-state index in [-0.39, 0.29) is 23.0 Å². The van der Waals surface area contributed by atoms with Gasteiger partial charge in [0.15, 0.2) is 29.1 Å². The van der Waals surface area contributed by atoms with Gasteiger partial charge in [0.1, 0.15) is 5.60 Å². The van der Waals surface area contributed by atoms with E-state index in [0.717, 1.165) is 0 Å². The quantitative estimate of drug-likeness (QED) is 0.403. The summed E-state index contributed by atoms with van der Waals surface area (Å²) in [5.41, 5.74) is 0.942. The van der Waals surface area contributed by atoms with E-state index in [1.165, 1.54) is 35.5 Å². The van der Waals surface area contributed by atoms with E-state index in [2.05, 4.69) is 0 Å². The molecule has 0 spiro atoms. The zero-order chi connectivity index (χ0) is 27.7. The van der Waals surface area contributed by atoms with Crippen LogP contribution in [0.4, 0.5) is 0 Å². The molecule has 1 aliphatic carbocycles. The first kappa shape index (κ1) is 28.0. The predicted molar refractivity (Wildman–Crippen MR) is 138 cm³/mol. The van der Waals surface area contributed by atoms with Gasteiger partial charge in [-0.25, -0.2) is 4.79 Å². The Morgan fingerprint density at radius 1 is 0.946 bits per heavy atom. The summed E-state index contributed by atoms with van der Waals surface area (Å²) >= 11 is 0. The second-order valence-corrected chi connectivity index (χ2v) is 9.19.